The second kappa shape index (κ2) is 5.26. The molecule has 1 heterocycles. The number of hydrogen-bond donors (Lipinski definition) is 1. The van der Waals surface area contributed by atoms with E-state index in [-0.39, 0.29) is 0 Å². The average Bonchev–Trinajstić information content (AvgIpc) is 2.87. The van der Waals surface area contributed by atoms with Gasteiger partial charge in [0, 0.05) is 31.7 Å². The van der Waals surface area contributed by atoms with E-state index in [1.165, 1.54) is 19.3 Å². The summed E-state index contributed by atoms with van der Waals surface area (Å²) < 4.78 is 5.44. The highest BCUT2D eigenvalue weighted by molar-refractivity contribution is 5.12. The number of hydrogen-bond acceptors (Lipinski definition) is 3. The highest BCUT2D eigenvalue weighted by atomic mass is 16.5. The molecule has 3 rings (SSSR count). The van der Waals surface area contributed by atoms with E-state index in [0.29, 0.717) is 22.9 Å². The highest BCUT2D eigenvalue weighted by Gasteiger charge is 2.59. The van der Waals surface area contributed by atoms with Crippen molar-refractivity contribution in [2.75, 3.05) is 32.8 Å². The number of nitrogens with one attached hydrogen (secondary N) is 1. The lowest BCUT2D eigenvalue weighted by Gasteiger charge is -2.45. The number of morpholine rings is 1. The molecule has 0 aromatic carbocycles. The van der Waals surface area contributed by atoms with Crippen LogP contribution in [0.5, 0.6) is 0 Å². The Morgan fingerprint density at radius 1 is 1.25 bits per heavy atom. The third-order valence-electron chi connectivity index (χ3n) is 6.36. The van der Waals surface area contributed by atoms with Crippen molar-refractivity contribution in [3.63, 3.8) is 0 Å². The zero-order chi connectivity index (χ0) is 14.4. The summed E-state index contributed by atoms with van der Waals surface area (Å²) in [5, 5.41) is 4.01. The van der Waals surface area contributed by atoms with Gasteiger partial charge in [-0.15, -0.1) is 0 Å². The fraction of sp³-hybridized carbons (Fsp3) is 1.00. The van der Waals surface area contributed by atoms with E-state index in [1.807, 2.05) is 0 Å². The van der Waals surface area contributed by atoms with Crippen molar-refractivity contribution in [2.45, 2.75) is 59.0 Å². The second-order valence-corrected chi connectivity index (χ2v) is 8.33. The van der Waals surface area contributed by atoms with Crippen LogP contribution in [0.1, 0.15) is 47.0 Å². The minimum absolute atomic E-state index is 0.465. The molecule has 0 amide bonds. The van der Waals surface area contributed by atoms with Gasteiger partial charge >= 0.3 is 0 Å². The van der Waals surface area contributed by atoms with E-state index in [9.17, 15) is 0 Å². The van der Waals surface area contributed by atoms with Crippen molar-refractivity contribution in [1.82, 2.24) is 10.2 Å². The molecule has 0 spiro atoms. The standard InChI is InChI=1S/C17H32N2O/c1-13(12-19-7-9-20-10-8-19)18-15-16(2,3)14-5-6-17(15,4)11-14/h13-15,18H,5-12H2,1-4H3/t13?,14-,15?,17+/m0/s1. The Bertz CT molecular complexity index is 346. The van der Waals surface area contributed by atoms with Crippen molar-refractivity contribution >= 4 is 0 Å². The van der Waals surface area contributed by atoms with E-state index >= 15 is 0 Å². The van der Waals surface area contributed by atoms with Crippen molar-refractivity contribution in [2.24, 2.45) is 16.7 Å². The lowest BCUT2D eigenvalue weighted by molar-refractivity contribution is 0.0290. The van der Waals surface area contributed by atoms with E-state index in [1.54, 1.807) is 0 Å². The molecule has 1 saturated heterocycles. The van der Waals surface area contributed by atoms with Crippen LogP contribution < -0.4 is 5.32 Å². The largest absolute Gasteiger partial charge is 0.379 e. The van der Waals surface area contributed by atoms with Gasteiger partial charge in [0.05, 0.1) is 13.2 Å². The third kappa shape index (κ3) is 2.53. The van der Waals surface area contributed by atoms with Crippen molar-refractivity contribution in [3.8, 4) is 0 Å². The van der Waals surface area contributed by atoms with Crippen LogP contribution in [0, 0.1) is 16.7 Å². The Labute approximate surface area is 124 Å². The summed E-state index contributed by atoms with van der Waals surface area (Å²) in [5.74, 6) is 0.931. The molecule has 0 aromatic rings. The maximum Gasteiger partial charge on any atom is 0.0594 e. The first-order valence-electron chi connectivity index (χ1n) is 8.48. The monoisotopic (exact) mass is 280 g/mol. The molecule has 4 atom stereocenters. The summed E-state index contributed by atoms with van der Waals surface area (Å²) >= 11 is 0. The summed E-state index contributed by atoms with van der Waals surface area (Å²) in [6.45, 7) is 15.0. The van der Waals surface area contributed by atoms with E-state index in [4.69, 9.17) is 4.74 Å². The molecule has 1 aliphatic heterocycles. The van der Waals surface area contributed by atoms with Gasteiger partial charge in [0.25, 0.3) is 0 Å². The van der Waals surface area contributed by atoms with Crippen LogP contribution >= 0.6 is 0 Å². The molecule has 0 aromatic heterocycles. The average molecular weight is 280 g/mol. The zero-order valence-corrected chi connectivity index (χ0v) is 13.7. The van der Waals surface area contributed by atoms with Crippen LogP contribution in [0.2, 0.25) is 0 Å². The first-order chi connectivity index (χ1) is 9.42. The fourth-order valence-corrected chi connectivity index (χ4v) is 5.23. The first-order valence-corrected chi connectivity index (χ1v) is 8.48. The Morgan fingerprint density at radius 2 is 1.95 bits per heavy atom. The fourth-order valence-electron chi connectivity index (χ4n) is 5.23. The summed E-state index contributed by atoms with van der Waals surface area (Å²) in [6, 6.07) is 1.26. The van der Waals surface area contributed by atoms with Gasteiger partial charge in [-0.1, -0.05) is 20.8 Å². The molecule has 116 valence electrons. The van der Waals surface area contributed by atoms with Crippen LogP contribution in [0.4, 0.5) is 0 Å². The summed E-state index contributed by atoms with van der Waals surface area (Å²) in [4.78, 5) is 2.55. The van der Waals surface area contributed by atoms with Gasteiger partial charge in [-0.2, -0.15) is 0 Å². The lowest BCUT2D eigenvalue weighted by atomic mass is 9.68. The molecule has 3 aliphatic rings. The van der Waals surface area contributed by atoms with Gasteiger partial charge in [0.2, 0.25) is 0 Å². The van der Waals surface area contributed by atoms with Gasteiger partial charge in [0.1, 0.15) is 0 Å². The van der Waals surface area contributed by atoms with E-state index < -0.39 is 0 Å². The molecule has 3 heteroatoms. The molecule has 2 saturated carbocycles. The van der Waals surface area contributed by atoms with Crippen LogP contribution in [-0.2, 0) is 4.74 Å². The highest BCUT2D eigenvalue weighted by Crippen LogP contribution is 2.62. The molecule has 2 unspecified atom stereocenters. The lowest BCUT2D eigenvalue weighted by Crippen LogP contribution is -2.55. The van der Waals surface area contributed by atoms with Crippen molar-refractivity contribution in [1.29, 1.82) is 0 Å². The quantitative estimate of drug-likeness (QED) is 0.856. The normalized spacial score (nSPS) is 42.0. The van der Waals surface area contributed by atoms with Gasteiger partial charge in [0.15, 0.2) is 0 Å². The zero-order valence-electron chi connectivity index (χ0n) is 13.7. The summed E-state index contributed by atoms with van der Waals surface area (Å²) in [5.41, 5.74) is 1.000. The molecule has 3 fully saturated rings. The maximum atomic E-state index is 5.44. The second-order valence-electron chi connectivity index (χ2n) is 8.33. The number of rotatable bonds is 4. The molecular formula is C17H32N2O. The molecule has 2 aliphatic carbocycles. The van der Waals surface area contributed by atoms with Crippen LogP contribution in [-0.4, -0.2) is 49.8 Å². The molecule has 20 heavy (non-hydrogen) atoms. The third-order valence-corrected chi connectivity index (χ3v) is 6.36. The van der Waals surface area contributed by atoms with Crippen LogP contribution in [0.15, 0.2) is 0 Å². The topological polar surface area (TPSA) is 24.5 Å². The van der Waals surface area contributed by atoms with Crippen LogP contribution in [0.25, 0.3) is 0 Å². The minimum Gasteiger partial charge on any atom is -0.379 e. The van der Waals surface area contributed by atoms with Gasteiger partial charge in [-0.05, 0) is 42.9 Å². The van der Waals surface area contributed by atoms with Gasteiger partial charge in [-0.25, -0.2) is 0 Å². The summed E-state index contributed by atoms with van der Waals surface area (Å²) in [7, 11) is 0. The van der Waals surface area contributed by atoms with Gasteiger partial charge in [-0.3, -0.25) is 4.90 Å². The number of nitrogens with zero attached hydrogens (tertiary/aromatic N) is 1. The molecule has 2 bridgehead atoms. The summed E-state index contributed by atoms with van der Waals surface area (Å²) in [6.07, 6.45) is 4.30. The first kappa shape index (κ1) is 14.8. The van der Waals surface area contributed by atoms with Crippen molar-refractivity contribution < 1.29 is 4.74 Å². The van der Waals surface area contributed by atoms with Crippen LogP contribution in [0.3, 0.4) is 0 Å². The number of fused-ring (bicyclic) bond motifs is 2. The number of ether oxygens (including phenoxy) is 1. The predicted molar refractivity (Wildman–Crippen MR) is 82.9 cm³/mol. The van der Waals surface area contributed by atoms with E-state index in [0.717, 1.165) is 38.8 Å². The Kier molecular flexibility index (Phi) is 3.89. The van der Waals surface area contributed by atoms with E-state index in [2.05, 4.69) is 37.9 Å². The molecule has 1 N–H and O–H groups in total. The Balaban J connectivity index is 1.59. The maximum absolute atomic E-state index is 5.44. The van der Waals surface area contributed by atoms with Crippen molar-refractivity contribution in [3.05, 3.63) is 0 Å². The van der Waals surface area contributed by atoms with Gasteiger partial charge < -0.3 is 10.1 Å². The molecule has 0 radical (unpaired) electrons. The molecule has 3 nitrogen and oxygen atoms in total. The molecular weight excluding hydrogens is 248 g/mol. The Hall–Kier alpha value is -0.120. The predicted octanol–water partition coefficient (Wildman–Crippen LogP) is 2.51. The minimum atomic E-state index is 0.465. The Morgan fingerprint density at radius 3 is 2.55 bits per heavy atom. The smallest absolute Gasteiger partial charge is 0.0594 e. The SMILES string of the molecule is CC(CN1CCOCC1)NC1C(C)(C)[C@H]2CC[C@]1(C)C2.